The third-order valence-electron chi connectivity index (χ3n) is 2.79. The quantitative estimate of drug-likeness (QED) is 0.785. The summed E-state index contributed by atoms with van der Waals surface area (Å²) in [5, 5.41) is 0. The van der Waals surface area contributed by atoms with Gasteiger partial charge in [0.25, 0.3) is 0 Å². The van der Waals surface area contributed by atoms with Gasteiger partial charge in [0.05, 0.1) is 13.2 Å². The number of ketones is 1. The van der Waals surface area contributed by atoms with E-state index < -0.39 is 0 Å². The minimum atomic E-state index is 0.0457. The van der Waals surface area contributed by atoms with E-state index in [1.165, 1.54) is 0 Å². The predicted octanol–water partition coefficient (Wildman–Crippen LogP) is 3.38. The normalized spacial score (nSPS) is 14.3. The van der Waals surface area contributed by atoms with Crippen molar-refractivity contribution in [3.8, 4) is 11.5 Å². The first-order chi connectivity index (χ1) is 8.15. The fraction of sp³-hybridized carbons (Fsp3) is 0.462. The molecule has 0 aliphatic carbocycles. The molecule has 1 aromatic rings. The summed E-state index contributed by atoms with van der Waals surface area (Å²) in [6.45, 7) is 4.88. The van der Waals surface area contributed by atoms with Gasteiger partial charge in [0, 0.05) is 22.0 Å². The molecule has 1 aromatic carbocycles. The molecule has 0 N–H and O–H groups in total. The van der Waals surface area contributed by atoms with Crippen LogP contribution in [-0.4, -0.2) is 19.0 Å². The van der Waals surface area contributed by atoms with Crippen LogP contribution in [0.5, 0.6) is 11.5 Å². The molecule has 0 aromatic heterocycles. The Morgan fingerprint density at radius 1 is 1.41 bits per heavy atom. The Morgan fingerprint density at radius 3 is 2.76 bits per heavy atom. The lowest BCUT2D eigenvalue weighted by molar-refractivity contribution is 0.101. The van der Waals surface area contributed by atoms with Crippen LogP contribution in [0.1, 0.15) is 36.2 Å². The van der Waals surface area contributed by atoms with Crippen molar-refractivity contribution in [1.82, 2.24) is 0 Å². The van der Waals surface area contributed by atoms with Gasteiger partial charge in [0.2, 0.25) is 0 Å². The van der Waals surface area contributed by atoms with Gasteiger partial charge < -0.3 is 9.47 Å². The monoisotopic (exact) mass is 298 g/mol. The molecule has 17 heavy (non-hydrogen) atoms. The molecule has 0 unspecified atom stereocenters. The lowest BCUT2D eigenvalue weighted by Gasteiger charge is -2.16. The van der Waals surface area contributed by atoms with Gasteiger partial charge in [-0.2, -0.15) is 0 Å². The average Bonchev–Trinajstić information content (AvgIpc) is 2.51. The molecule has 4 heteroatoms. The summed E-state index contributed by atoms with van der Waals surface area (Å²) in [6, 6.07) is 1.83. The van der Waals surface area contributed by atoms with Gasteiger partial charge in [-0.05, 0) is 35.3 Å². The van der Waals surface area contributed by atoms with Crippen molar-refractivity contribution in [1.29, 1.82) is 0 Å². The highest BCUT2D eigenvalue weighted by Crippen LogP contribution is 2.40. The van der Waals surface area contributed by atoms with Crippen LogP contribution in [0.4, 0.5) is 0 Å². The van der Waals surface area contributed by atoms with E-state index >= 15 is 0 Å². The number of Topliss-reactive ketones (excluding diaryl/α,β-unsaturated/α-hetero) is 1. The van der Waals surface area contributed by atoms with E-state index in [9.17, 15) is 4.79 Å². The van der Waals surface area contributed by atoms with Crippen LogP contribution in [0.2, 0.25) is 0 Å². The molecule has 0 spiro atoms. The largest absolute Gasteiger partial charge is 0.490 e. The fourth-order valence-electron chi connectivity index (χ4n) is 2.06. The minimum Gasteiger partial charge on any atom is -0.490 e. The zero-order valence-electron chi connectivity index (χ0n) is 10.0. The van der Waals surface area contributed by atoms with Crippen molar-refractivity contribution in [2.45, 2.75) is 26.7 Å². The smallest absolute Gasteiger partial charge is 0.165 e. The molecular weight excluding hydrogens is 284 g/mol. The van der Waals surface area contributed by atoms with E-state index in [-0.39, 0.29) is 5.78 Å². The minimum absolute atomic E-state index is 0.0457. The number of ether oxygens (including phenoxy) is 2. The maximum atomic E-state index is 11.7. The van der Waals surface area contributed by atoms with Gasteiger partial charge in [0.15, 0.2) is 17.3 Å². The zero-order chi connectivity index (χ0) is 12.4. The molecule has 3 nitrogen and oxygen atoms in total. The molecule has 1 aliphatic rings. The van der Waals surface area contributed by atoms with Crippen molar-refractivity contribution in [2.75, 3.05) is 13.2 Å². The lowest BCUT2D eigenvalue weighted by Crippen LogP contribution is -2.05. The summed E-state index contributed by atoms with van der Waals surface area (Å²) in [4.78, 5) is 11.7. The molecule has 0 saturated carbocycles. The van der Waals surface area contributed by atoms with Gasteiger partial charge in [0.1, 0.15) is 0 Å². The van der Waals surface area contributed by atoms with E-state index in [1.54, 1.807) is 6.92 Å². The molecule has 0 radical (unpaired) electrons. The van der Waals surface area contributed by atoms with Gasteiger partial charge in [-0.25, -0.2) is 0 Å². The molecular formula is C13H15BrO3. The number of rotatable bonds is 2. The second-order valence-corrected chi connectivity index (χ2v) is 4.85. The van der Waals surface area contributed by atoms with E-state index in [2.05, 4.69) is 15.9 Å². The van der Waals surface area contributed by atoms with Crippen LogP contribution >= 0.6 is 15.9 Å². The summed E-state index contributed by atoms with van der Waals surface area (Å²) in [7, 11) is 0. The fourth-order valence-corrected chi connectivity index (χ4v) is 2.78. The molecule has 2 rings (SSSR count). The molecule has 0 fully saturated rings. The number of hydrogen-bond donors (Lipinski definition) is 0. The summed E-state index contributed by atoms with van der Waals surface area (Å²) >= 11 is 3.44. The topological polar surface area (TPSA) is 35.5 Å². The predicted molar refractivity (Wildman–Crippen MR) is 69.1 cm³/mol. The molecule has 0 atom stereocenters. The Bertz CT molecular complexity index is 454. The SMILES string of the molecule is CCc1c2c(cc(Br)c1C(C)=O)OCCCO2. The molecule has 0 bridgehead atoms. The number of halogens is 1. The van der Waals surface area contributed by atoms with Crippen molar-refractivity contribution < 1.29 is 14.3 Å². The first-order valence-electron chi connectivity index (χ1n) is 5.77. The first-order valence-corrected chi connectivity index (χ1v) is 6.56. The number of carbonyl (C=O) groups is 1. The summed E-state index contributed by atoms with van der Waals surface area (Å²) < 4.78 is 12.1. The first kappa shape index (κ1) is 12.4. The second kappa shape index (κ2) is 5.08. The maximum Gasteiger partial charge on any atom is 0.165 e. The Kier molecular flexibility index (Phi) is 3.72. The highest BCUT2D eigenvalue weighted by molar-refractivity contribution is 9.10. The van der Waals surface area contributed by atoms with Crippen molar-refractivity contribution in [3.63, 3.8) is 0 Å². The Labute approximate surface area is 109 Å². The van der Waals surface area contributed by atoms with Crippen LogP contribution in [0.15, 0.2) is 10.5 Å². The average molecular weight is 299 g/mol. The van der Waals surface area contributed by atoms with Crippen molar-refractivity contribution >= 4 is 21.7 Å². The number of carbonyl (C=O) groups excluding carboxylic acids is 1. The number of fused-ring (bicyclic) bond motifs is 1. The molecule has 0 amide bonds. The lowest BCUT2D eigenvalue weighted by atomic mass is 10.0. The highest BCUT2D eigenvalue weighted by Gasteiger charge is 2.22. The van der Waals surface area contributed by atoms with Crippen molar-refractivity contribution in [3.05, 3.63) is 21.7 Å². The molecule has 1 aliphatic heterocycles. The Balaban J connectivity index is 2.64. The third kappa shape index (κ3) is 2.32. The van der Waals surface area contributed by atoms with E-state index in [0.717, 1.165) is 34.4 Å². The Morgan fingerprint density at radius 2 is 2.12 bits per heavy atom. The second-order valence-electron chi connectivity index (χ2n) is 4.00. The molecule has 1 heterocycles. The van der Waals surface area contributed by atoms with Crippen LogP contribution in [0.25, 0.3) is 0 Å². The van der Waals surface area contributed by atoms with E-state index in [4.69, 9.17) is 9.47 Å². The summed E-state index contributed by atoms with van der Waals surface area (Å²) in [6.07, 6.45) is 1.62. The van der Waals surface area contributed by atoms with E-state index in [1.807, 2.05) is 13.0 Å². The zero-order valence-corrected chi connectivity index (χ0v) is 11.6. The third-order valence-corrected chi connectivity index (χ3v) is 3.42. The summed E-state index contributed by atoms with van der Waals surface area (Å²) in [5.74, 6) is 1.51. The van der Waals surface area contributed by atoms with Crippen molar-refractivity contribution in [2.24, 2.45) is 0 Å². The van der Waals surface area contributed by atoms with Gasteiger partial charge in [-0.3, -0.25) is 4.79 Å². The van der Waals surface area contributed by atoms with Gasteiger partial charge in [-0.1, -0.05) is 6.92 Å². The van der Waals surface area contributed by atoms with Crippen LogP contribution < -0.4 is 9.47 Å². The Hall–Kier alpha value is -1.03. The molecule has 0 saturated heterocycles. The highest BCUT2D eigenvalue weighted by atomic mass is 79.9. The molecule has 92 valence electrons. The van der Waals surface area contributed by atoms with Crippen LogP contribution in [-0.2, 0) is 6.42 Å². The van der Waals surface area contributed by atoms with Gasteiger partial charge >= 0.3 is 0 Å². The number of hydrogen-bond acceptors (Lipinski definition) is 3. The summed E-state index contributed by atoms with van der Waals surface area (Å²) in [5.41, 5.74) is 1.64. The number of benzene rings is 1. The van der Waals surface area contributed by atoms with E-state index in [0.29, 0.717) is 18.8 Å². The maximum absolute atomic E-state index is 11.7. The van der Waals surface area contributed by atoms with Crippen LogP contribution in [0, 0.1) is 0 Å². The van der Waals surface area contributed by atoms with Crippen LogP contribution in [0.3, 0.4) is 0 Å². The standard InChI is InChI=1S/C13H15BrO3/c1-3-9-12(8(2)15)10(14)7-11-13(9)17-6-4-5-16-11/h7H,3-6H2,1-2H3. The van der Waals surface area contributed by atoms with Gasteiger partial charge in [-0.15, -0.1) is 0 Å².